The molecule has 4 aromatic rings. The summed E-state index contributed by atoms with van der Waals surface area (Å²) >= 11 is 0. The number of hydrogen-bond donors (Lipinski definition) is 0. The van der Waals surface area contributed by atoms with Crippen LogP contribution in [0.2, 0.25) is 0 Å². The van der Waals surface area contributed by atoms with Gasteiger partial charge in [-0.3, -0.25) is 0 Å². The lowest BCUT2D eigenvalue weighted by atomic mass is 10.2. The van der Waals surface area contributed by atoms with Crippen LogP contribution in [0.1, 0.15) is 30.1 Å². The molecule has 0 aliphatic carbocycles. The zero-order valence-corrected chi connectivity index (χ0v) is 17.7. The van der Waals surface area contributed by atoms with Crippen molar-refractivity contribution in [2.24, 2.45) is 0 Å². The highest BCUT2D eigenvalue weighted by Gasteiger charge is 2.17. The molecule has 6 heteroatoms. The number of benzene rings is 3. The van der Waals surface area contributed by atoms with Gasteiger partial charge >= 0.3 is 5.97 Å². The summed E-state index contributed by atoms with van der Waals surface area (Å²) in [4.78, 5) is 12.8. The van der Waals surface area contributed by atoms with Gasteiger partial charge in [0.05, 0.1) is 23.6 Å². The molecule has 0 amide bonds. The topological polar surface area (TPSA) is 53.4 Å². The summed E-state index contributed by atoms with van der Waals surface area (Å²) in [6.45, 7) is 2.74. The smallest absolute Gasteiger partial charge is 0.344 e. The highest BCUT2D eigenvalue weighted by Crippen LogP contribution is 2.27. The average Bonchev–Trinajstić information content (AvgIpc) is 3.24. The molecule has 0 bridgehead atoms. The summed E-state index contributed by atoms with van der Waals surface area (Å²) in [5.41, 5.74) is 2.48. The maximum absolute atomic E-state index is 13.4. The number of halogens is 1. The van der Waals surface area contributed by atoms with E-state index in [9.17, 15) is 9.18 Å². The summed E-state index contributed by atoms with van der Waals surface area (Å²) in [6, 6.07) is 23.9. The Bertz CT molecular complexity index is 1170. The minimum atomic E-state index is -0.520. The van der Waals surface area contributed by atoms with Crippen molar-refractivity contribution >= 4 is 5.97 Å². The van der Waals surface area contributed by atoms with E-state index in [4.69, 9.17) is 9.47 Å². The molecule has 0 atom stereocenters. The molecule has 1 heterocycles. The standard InChI is InChI=1S/C26H23FN2O3/c1-2-3-17-31-23-15-9-20(10-16-23)26(30)32-25-18-24(19-7-5-4-6-8-19)28-29(25)22-13-11-21(27)12-14-22/h4-16,18H,2-3,17H2,1H3. The molecule has 0 N–H and O–H groups in total. The van der Waals surface area contributed by atoms with Crippen LogP contribution in [-0.2, 0) is 0 Å². The van der Waals surface area contributed by atoms with Gasteiger partial charge in [-0.15, -0.1) is 0 Å². The number of nitrogens with zero attached hydrogens (tertiary/aromatic N) is 2. The van der Waals surface area contributed by atoms with Gasteiger partial charge in [0.15, 0.2) is 0 Å². The Hall–Kier alpha value is -3.93. The third kappa shape index (κ3) is 5.03. The lowest BCUT2D eigenvalue weighted by molar-refractivity contribution is 0.0723. The van der Waals surface area contributed by atoms with Gasteiger partial charge in [-0.05, 0) is 55.0 Å². The predicted molar refractivity (Wildman–Crippen MR) is 121 cm³/mol. The van der Waals surface area contributed by atoms with Gasteiger partial charge in [0.2, 0.25) is 5.88 Å². The van der Waals surface area contributed by atoms with Crippen LogP contribution in [0, 0.1) is 5.82 Å². The minimum absolute atomic E-state index is 0.240. The minimum Gasteiger partial charge on any atom is -0.494 e. The molecular weight excluding hydrogens is 407 g/mol. The highest BCUT2D eigenvalue weighted by molar-refractivity contribution is 5.91. The Morgan fingerprint density at radius 3 is 2.38 bits per heavy atom. The molecule has 32 heavy (non-hydrogen) atoms. The first-order valence-electron chi connectivity index (χ1n) is 10.5. The third-order valence-electron chi connectivity index (χ3n) is 4.87. The number of carbonyl (C=O) groups is 1. The molecule has 0 radical (unpaired) electrons. The van der Waals surface area contributed by atoms with Crippen molar-refractivity contribution in [3.05, 3.63) is 96.3 Å². The van der Waals surface area contributed by atoms with E-state index in [1.165, 1.54) is 16.8 Å². The van der Waals surface area contributed by atoms with E-state index in [-0.39, 0.29) is 11.7 Å². The Labute approximate surface area is 186 Å². The van der Waals surface area contributed by atoms with E-state index < -0.39 is 5.97 Å². The summed E-state index contributed by atoms with van der Waals surface area (Å²) < 4.78 is 26.2. The number of carbonyl (C=O) groups excluding carboxylic acids is 1. The van der Waals surface area contributed by atoms with Crippen LogP contribution in [0.25, 0.3) is 16.9 Å². The molecule has 0 aliphatic rings. The number of ether oxygens (including phenoxy) is 2. The molecule has 4 rings (SSSR count). The first-order valence-corrected chi connectivity index (χ1v) is 10.5. The van der Waals surface area contributed by atoms with Gasteiger partial charge in [0.25, 0.3) is 0 Å². The van der Waals surface area contributed by atoms with Crippen molar-refractivity contribution in [2.75, 3.05) is 6.61 Å². The summed E-state index contributed by atoms with van der Waals surface area (Å²) in [5.74, 6) is 0.0680. The van der Waals surface area contributed by atoms with E-state index in [1.54, 1.807) is 42.5 Å². The lowest BCUT2D eigenvalue weighted by Crippen LogP contribution is -2.11. The Balaban J connectivity index is 1.59. The van der Waals surface area contributed by atoms with Crippen molar-refractivity contribution in [2.45, 2.75) is 19.8 Å². The zero-order chi connectivity index (χ0) is 22.3. The maximum Gasteiger partial charge on any atom is 0.344 e. The van der Waals surface area contributed by atoms with Crippen molar-refractivity contribution < 1.29 is 18.7 Å². The lowest BCUT2D eigenvalue weighted by Gasteiger charge is -2.09. The number of rotatable bonds is 8. The second-order valence-corrected chi connectivity index (χ2v) is 7.24. The summed E-state index contributed by atoms with van der Waals surface area (Å²) in [7, 11) is 0. The molecular formula is C26H23FN2O3. The van der Waals surface area contributed by atoms with E-state index in [1.807, 2.05) is 30.3 Å². The van der Waals surface area contributed by atoms with Crippen molar-refractivity contribution in [1.82, 2.24) is 9.78 Å². The number of hydrogen-bond acceptors (Lipinski definition) is 4. The Morgan fingerprint density at radius 1 is 0.969 bits per heavy atom. The second kappa shape index (κ2) is 9.92. The third-order valence-corrected chi connectivity index (χ3v) is 4.87. The first-order chi connectivity index (χ1) is 15.6. The van der Waals surface area contributed by atoms with Crippen molar-refractivity contribution in [3.63, 3.8) is 0 Å². The van der Waals surface area contributed by atoms with Crippen LogP contribution < -0.4 is 9.47 Å². The monoisotopic (exact) mass is 430 g/mol. The molecule has 0 unspecified atom stereocenters. The average molecular weight is 430 g/mol. The zero-order valence-electron chi connectivity index (χ0n) is 17.7. The highest BCUT2D eigenvalue weighted by atomic mass is 19.1. The Kier molecular flexibility index (Phi) is 6.60. The molecule has 0 saturated carbocycles. The molecule has 5 nitrogen and oxygen atoms in total. The molecule has 162 valence electrons. The quantitative estimate of drug-likeness (QED) is 0.251. The van der Waals surface area contributed by atoms with Crippen molar-refractivity contribution in [3.8, 4) is 28.6 Å². The van der Waals surface area contributed by atoms with Crippen LogP contribution in [-0.4, -0.2) is 22.4 Å². The van der Waals surface area contributed by atoms with Gasteiger partial charge in [-0.25, -0.2) is 13.9 Å². The Morgan fingerprint density at radius 2 is 1.69 bits per heavy atom. The molecule has 0 aliphatic heterocycles. The van der Waals surface area contributed by atoms with Gasteiger partial charge < -0.3 is 9.47 Å². The van der Waals surface area contributed by atoms with E-state index in [2.05, 4.69) is 12.0 Å². The fourth-order valence-electron chi connectivity index (χ4n) is 3.13. The summed E-state index contributed by atoms with van der Waals surface area (Å²) in [5, 5.41) is 4.58. The summed E-state index contributed by atoms with van der Waals surface area (Å²) in [6.07, 6.45) is 2.03. The van der Waals surface area contributed by atoms with E-state index in [0.29, 0.717) is 29.3 Å². The molecule has 0 saturated heterocycles. The normalized spacial score (nSPS) is 10.7. The maximum atomic E-state index is 13.4. The fourth-order valence-corrected chi connectivity index (χ4v) is 3.13. The molecule has 0 spiro atoms. The van der Waals surface area contributed by atoms with Gasteiger partial charge in [0, 0.05) is 11.6 Å². The van der Waals surface area contributed by atoms with Crippen LogP contribution in [0.5, 0.6) is 11.6 Å². The van der Waals surface area contributed by atoms with Gasteiger partial charge in [-0.2, -0.15) is 5.10 Å². The second-order valence-electron chi connectivity index (χ2n) is 7.24. The van der Waals surface area contributed by atoms with Gasteiger partial charge in [0.1, 0.15) is 11.6 Å². The fraction of sp³-hybridized carbons (Fsp3) is 0.154. The SMILES string of the molecule is CCCCOc1ccc(C(=O)Oc2cc(-c3ccccc3)nn2-c2ccc(F)cc2)cc1. The van der Waals surface area contributed by atoms with Crippen LogP contribution in [0.15, 0.2) is 84.9 Å². The largest absolute Gasteiger partial charge is 0.494 e. The van der Waals surface area contributed by atoms with E-state index in [0.717, 1.165) is 18.4 Å². The van der Waals surface area contributed by atoms with Crippen LogP contribution in [0.3, 0.4) is 0 Å². The molecule has 0 fully saturated rings. The van der Waals surface area contributed by atoms with Crippen molar-refractivity contribution in [1.29, 1.82) is 0 Å². The van der Waals surface area contributed by atoms with Gasteiger partial charge in [-0.1, -0.05) is 43.7 Å². The van der Waals surface area contributed by atoms with E-state index >= 15 is 0 Å². The number of esters is 1. The molecule has 3 aromatic carbocycles. The predicted octanol–water partition coefficient (Wildman–Crippen LogP) is 6.08. The number of unbranched alkanes of at least 4 members (excludes halogenated alkanes) is 1. The van der Waals surface area contributed by atoms with Crippen LogP contribution in [0.4, 0.5) is 4.39 Å². The van der Waals surface area contributed by atoms with Crippen LogP contribution >= 0.6 is 0 Å². The first kappa shape index (κ1) is 21.3. The number of aromatic nitrogens is 2. The molecule has 1 aromatic heterocycles.